The third-order valence-corrected chi connectivity index (χ3v) is 7.11. The van der Waals surface area contributed by atoms with Gasteiger partial charge < -0.3 is 0 Å². The van der Waals surface area contributed by atoms with Crippen molar-refractivity contribution in [2.45, 2.75) is 5.92 Å². The van der Waals surface area contributed by atoms with Crippen molar-refractivity contribution in [2.24, 2.45) is 10.1 Å². The summed E-state index contributed by atoms with van der Waals surface area (Å²) < 4.78 is 1.77. The fourth-order valence-corrected chi connectivity index (χ4v) is 5.36. The second-order valence-electron chi connectivity index (χ2n) is 7.61. The van der Waals surface area contributed by atoms with Crippen LogP contribution in [0.4, 0.5) is 11.4 Å². The Kier molecular flexibility index (Phi) is 6.74. The van der Waals surface area contributed by atoms with Gasteiger partial charge in [0.25, 0.3) is 5.69 Å². The fourth-order valence-electron chi connectivity index (χ4n) is 3.72. The highest BCUT2D eigenvalue weighted by atomic mass is 32.1. The summed E-state index contributed by atoms with van der Waals surface area (Å²) >= 11 is 3.01. The fraction of sp³-hybridized carbons (Fsp3) is 0.0370. The van der Waals surface area contributed by atoms with E-state index in [0.29, 0.717) is 10.5 Å². The average molecular weight is 497 g/mol. The molecule has 8 heteroatoms. The summed E-state index contributed by atoms with van der Waals surface area (Å²) in [6.45, 7) is 0. The van der Waals surface area contributed by atoms with E-state index in [1.165, 1.54) is 17.4 Å². The van der Waals surface area contributed by atoms with Gasteiger partial charge in [-0.3, -0.25) is 10.1 Å². The van der Waals surface area contributed by atoms with Crippen molar-refractivity contribution < 1.29 is 4.92 Å². The molecule has 0 saturated heterocycles. The molecule has 0 N–H and O–H groups in total. The van der Waals surface area contributed by atoms with Crippen LogP contribution in [-0.4, -0.2) is 15.8 Å². The maximum Gasteiger partial charge on any atom is 0.294 e. The molecule has 3 aromatic carbocycles. The number of thiophene rings is 1. The standard InChI is InChI=1S/C27H20N4O2S2/c32-31(33)24-15-8-7-14-23(24)29-27-30(25(19-35-27)26-16-9-17-34-26)28-18-22(20-10-3-1-4-11-20)21-12-5-2-6-13-21/h1-19,22H. The summed E-state index contributed by atoms with van der Waals surface area (Å²) in [5.41, 5.74) is 3.38. The second-order valence-corrected chi connectivity index (χ2v) is 9.40. The molecule has 0 spiro atoms. The molecule has 5 rings (SSSR count). The van der Waals surface area contributed by atoms with E-state index >= 15 is 0 Å². The van der Waals surface area contributed by atoms with E-state index in [9.17, 15) is 10.1 Å². The van der Waals surface area contributed by atoms with Crippen LogP contribution in [0, 0.1) is 10.1 Å². The predicted molar refractivity (Wildman–Crippen MR) is 143 cm³/mol. The van der Waals surface area contributed by atoms with E-state index in [0.717, 1.165) is 21.7 Å². The highest BCUT2D eigenvalue weighted by molar-refractivity contribution is 7.14. The molecule has 0 amide bonds. The van der Waals surface area contributed by atoms with Crippen LogP contribution < -0.4 is 4.80 Å². The Balaban J connectivity index is 1.66. The molecule has 0 aliphatic carbocycles. The SMILES string of the molecule is O=[N+]([O-])c1ccccc1N=c1scc(-c2cccs2)n1N=CC(c1ccccc1)c1ccccc1. The highest BCUT2D eigenvalue weighted by Crippen LogP contribution is 2.29. The third-order valence-electron chi connectivity index (χ3n) is 5.40. The lowest BCUT2D eigenvalue weighted by molar-refractivity contribution is -0.384. The first kappa shape index (κ1) is 22.6. The van der Waals surface area contributed by atoms with Gasteiger partial charge in [0.05, 0.1) is 15.5 Å². The van der Waals surface area contributed by atoms with Crippen LogP contribution in [0.25, 0.3) is 10.6 Å². The van der Waals surface area contributed by atoms with Crippen LogP contribution >= 0.6 is 22.7 Å². The molecule has 172 valence electrons. The Bertz CT molecular complexity index is 1480. The minimum Gasteiger partial charge on any atom is -0.258 e. The summed E-state index contributed by atoms with van der Waals surface area (Å²) in [6, 6.07) is 30.9. The van der Waals surface area contributed by atoms with Crippen LogP contribution in [0.3, 0.4) is 0 Å². The molecule has 2 heterocycles. The molecule has 6 nitrogen and oxygen atoms in total. The zero-order valence-corrected chi connectivity index (χ0v) is 20.1. The Morgan fingerprint density at radius 3 is 2.11 bits per heavy atom. The van der Waals surface area contributed by atoms with Crippen molar-refractivity contribution >= 4 is 40.3 Å². The van der Waals surface area contributed by atoms with Gasteiger partial charge in [-0.1, -0.05) is 78.9 Å². The first-order valence-electron chi connectivity index (χ1n) is 10.9. The quantitative estimate of drug-likeness (QED) is 0.137. The summed E-state index contributed by atoms with van der Waals surface area (Å²) in [6.07, 6.45) is 1.91. The Morgan fingerprint density at radius 2 is 1.49 bits per heavy atom. The number of hydrogen-bond donors (Lipinski definition) is 0. The van der Waals surface area contributed by atoms with Gasteiger partial charge in [-0.15, -0.1) is 22.7 Å². The van der Waals surface area contributed by atoms with Gasteiger partial charge >= 0.3 is 0 Å². The summed E-state index contributed by atoms with van der Waals surface area (Å²) in [7, 11) is 0. The van der Waals surface area contributed by atoms with Gasteiger partial charge in [0.1, 0.15) is 5.69 Å². The molecule has 0 atom stereocenters. The van der Waals surface area contributed by atoms with Gasteiger partial charge in [0.2, 0.25) is 4.80 Å². The Labute approximate surface area is 210 Å². The number of hydrogen-bond acceptors (Lipinski definition) is 6. The van der Waals surface area contributed by atoms with Crippen molar-refractivity contribution in [1.29, 1.82) is 0 Å². The van der Waals surface area contributed by atoms with Crippen molar-refractivity contribution in [2.75, 3.05) is 0 Å². The van der Waals surface area contributed by atoms with E-state index in [-0.39, 0.29) is 11.6 Å². The van der Waals surface area contributed by atoms with E-state index in [4.69, 9.17) is 5.10 Å². The molecular formula is C27H20N4O2S2. The smallest absolute Gasteiger partial charge is 0.258 e. The molecule has 0 aliphatic heterocycles. The largest absolute Gasteiger partial charge is 0.294 e. The first-order valence-corrected chi connectivity index (χ1v) is 12.6. The number of aromatic nitrogens is 1. The number of nitrogens with zero attached hydrogens (tertiary/aromatic N) is 4. The van der Waals surface area contributed by atoms with Gasteiger partial charge in [-0.05, 0) is 28.6 Å². The topological polar surface area (TPSA) is 72.8 Å². The molecule has 0 radical (unpaired) electrons. The molecule has 0 saturated carbocycles. The minimum absolute atomic E-state index is 0.0412. The lowest BCUT2D eigenvalue weighted by atomic mass is 9.92. The highest BCUT2D eigenvalue weighted by Gasteiger charge is 2.15. The number of benzene rings is 3. The van der Waals surface area contributed by atoms with E-state index in [2.05, 4.69) is 29.3 Å². The van der Waals surface area contributed by atoms with Gasteiger partial charge in [-0.25, -0.2) is 9.67 Å². The van der Waals surface area contributed by atoms with Crippen molar-refractivity contribution in [3.05, 3.63) is 134 Å². The van der Waals surface area contributed by atoms with Crippen LogP contribution in [0.2, 0.25) is 0 Å². The first-order chi connectivity index (χ1) is 17.2. The Hall–Kier alpha value is -4.14. The Morgan fingerprint density at radius 1 is 0.829 bits per heavy atom. The van der Waals surface area contributed by atoms with Gasteiger partial charge in [0.15, 0.2) is 0 Å². The summed E-state index contributed by atoms with van der Waals surface area (Å²) in [5, 5.41) is 20.4. The number of para-hydroxylation sites is 2. The van der Waals surface area contributed by atoms with Crippen molar-refractivity contribution in [3.8, 4) is 10.6 Å². The molecule has 0 unspecified atom stereocenters. The second kappa shape index (κ2) is 10.4. The van der Waals surface area contributed by atoms with Gasteiger partial charge in [-0.2, -0.15) is 5.10 Å². The predicted octanol–water partition coefficient (Wildman–Crippen LogP) is 7.08. The van der Waals surface area contributed by atoms with Crippen LogP contribution in [0.1, 0.15) is 17.0 Å². The zero-order chi connectivity index (χ0) is 24.0. The molecule has 5 aromatic rings. The molecular weight excluding hydrogens is 476 g/mol. The minimum atomic E-state index is -0.416. The summed E-state index contributed by atoms with van der Waals surface area (Å²) in [4.78, 5) is 17.4. The maximum absolute atomic E-state index is 11.5. The molecule has 35 heavy (non-hydrogen) atoms. The monoisotopic (exact) mass is 496 g/mol. The zero-order valence-electron chi connectivity index (χ0n) is 18.5. The summed E-state index contributed by atoms with van der Waals surface area (Å²) in [5.74, 6) is -0.0695. The number of nitro benzene ring substituents is 1. The number of nitro groups is 1. The van der Waals surface area contributed by atoms with Gasteiger partial charge in [0, 0.05) is 23.6 Å². The van der Waals surface area contributed by atoms with Crippen molar-refractivity contribution in [3.63, 3.8) is 0 Å². The molecule has 2 aromatic heterocycles. The lowest BCUT2D eigenvalue weighted by Gasteiger charge is -2.13. The average Bonchev–Trinajstić information content (AvgIpc) is 3.56. The van der Waals surface area contributed by atoms with Crippen LogP contribution in [0.15, 0.2) is 118 Å². The normalized spacial score (nSPS) is 12.0. The molecule has 0 fully saturated rings. The van der Waals surface area contributed by atoms with Crippen molar-refractivity contribution in [1.82, 2.24) is 4.68 Å². The molecule has 0 bridgehead atoms. The number of rotatable bonds is 7. The molecule has 0 aliphatic rings. The van der Waals surface area contributed by atoms with Crippen LogP contribution in [0.5, 0.6) is 0 Å². The number of thiazole rings is 1. The van der Waals surface area contributed by atoms with E-state index in [1.54, 1.807) is 34.2 Å². The third kappa shape index (κ3) is 5.03. The van der Waals surface area contributed by atoms with E-state index in [1.807, 2.05) is 65.5 Å². The van der Waals surface area contributed by atoms with E-state index < -0.39 is 4.92 Å². The lowest BCUT2D eigenvalue weighted by Crippen LogP contribution is -2.13. The van der Waals surface area contributed by atoms with Crippen LogP contribution in [-0.2, 0) is 0 Å². The maximum atomic E-state index is 11.5.